The molecule has 0 spiro atoms. The molecule has 1 aromatic carbocycles. The van der Waals surface area contributed by atoms with Crippen molar-refractivity contribution >= 4 is 5.97 Å². The first-order valence-electron chi connectivity index (χ1n) is 5.74. The van der Waals surface area contributed by atoms with Crippen molar-refractivity contribution in [3.63, 3.8) is 0 Å². The Morgan fingerprint density at radius 1 is 1.53 bits per heavy atom. The molecule has 1 atom stereocenters. The van der Waals surface area contributed by atoms with E-state index in [1.54, 1.807) is 26.2 Å². The lowest BCUT2D eigenvalue weighted by Gasteiger charge is -2.25. The molecule has 17 heavy (non-hydrogen) atoms. The Labute approximate surface area is 100 Å². The normalized spacial score (nSPS) is 18.1. The van der Waals surface area contributed by atoms with Gasteiger partial charge in [-0.1, -0.05) is 6.92 Å². The SMILES string of the molecule is CCC(=O)Oc1ccc2c(c1)OCCC2OC. The summed E-state index contributed by atoms with van der Waals surface area (Å²) in [6.07, 6.45) is 1.27. The highest BCUT2D eigenvalue weighted by Crippen LogP contribution is 2.36. The van der Waals surface area contributed by atoms with Gasteiger partial charge in [-0.25, -0.2) is 0 Å². The fourth-order valence-corrected chi connectivity index (χ4v) is 1.85. The van der Waals surface area contributed by atoms with Crippen LogP contribution in [0.1, 0.15) is 31.4 Å². The van der Waals surface area contributed by atoms with Crippen LogP contribution in [0, 0.1) is 0 Å². The van der Waals surface area contributed by atoms with Gasteiger partial charge >= 0.3 is 5.97 Å². The highest BCUT2D eigenvalue weighted by molar-refractivity contribution is 5.72. The highest BCUT2D eigenvalue weighted by Gasteiger charge is 2.21. The van der Waals surface area contributed by atoms with Crippen molar-refractivity contribution in [3.05, 3.63) is 23.8 Å². The number of carbonyl (C=O) groups is 1. The van der Waals surface area contributed by atoms with Crippen LogP contribution in [0.2, 0.25) is 0 Å². The maximum atomic E-state index is 11.2. The summed E-state index contributed by atoms with van der Waals surface area (Å²) in [6, 6.07) is 5.40. The van der Waals surface area contributed by atoms with Gasteiger partial charge in [0.2, 0.25) is 0 Å². The molecule has 0 N–H and O–H groups in total. The van der Waals surface area contributed by atoms with Gasteiger partial charge in [0.25, 0.3) is 0 Å². The van der Waals surface area contributed by atoms with Gasteiger partial charge in [0, 0.05) is 31.6 Å². The van der Waals surface area contributed by atoms with E-state index in [1.165, 1.54) is 0 Å². The summed E-state index contributed by atoms with van der Waals surface area (Å²) in [7, 11) is 1.69. The molecule has 0 saturated heterocycles. The molecule has 0 saturated carbocycles. The molecule has 0 aliphatic carbocycles. The van der Waals surface area contributed by atoms with Crippen molar-refractivity contribution in [2.24, 2.45) is 0 Å². The summed E-state index contributed by atoms with van der Waals surface area (Å²) in [5.74, 6) is 1.01. The Hall–Kier alpha value is -1.55. The smallest absolute Gasteiger partial charge is 0.310 e. The number of esters is 1. The van der Waals surface area contributed by atoms with E-state index in [0.29, 0.717) is 18.8 Å². The van der Waals surface area contributed by atoms with Gasteiger partial charge in [-0.3, -0.25) is 4.79 Å². The zero-order valence-electron chi connectivity index (χ0n) is 10.1. The van der Waals surface area contributed by atoms with Crippen molar-refractivity contribution in [1.82, 2.24) is 0 Å². The monoisotopic (exact) mass is 236 g/mol. The largest absolute Gasteiger partial charge is 0.493 e. The van der Waals surface area contributed by atoms with E-state index in [9.17, 15) is 4.79 Å². The van der Waals surface area contributed by atoms with Gasteiger partial charge in [0.1, 0.15) is 11.5 Å². The lowest BCUT2D eigenvalue weighted by Crippen LogP contribution is -2.15. The van der Waals surface area contributed by atoms with Crippen molar-refractivity contribution in [1.29, 1.82) is 0 Å². The number of carbonyl (C=O) groups excluding carboxylic acids is 1. The first kappa shape index (κ1) is 11.9. The Morgan fingerprint density at radius 3 is 3.06 bits per heavy atom. The van der Waals surface area contributed by atoms with Gasteiger partial charge in [-0.05, 0) is 12.1 Å². The molecule has 1 heterocycles. The van der Waals surface area contributed by atoms with Gasteiger partial charge in [-0.15, -0.1) is 0 Å². The molecule has 1 unspecified atom stereocenters. The molecule has 0 bridgehead atoms. The van der Waals surface area contributed by atoms with Crippen LogP contribution < -0.4 is 9.47 Å². The summed E-state index contributed by atoms with van der Waals surface area (Å²) in [5.41, 5.74) is 1.01. The van der Waals surface area contributed by atoms with Crippen LogP contribution in [0.3, 0.4) is 0 Å². The van der Waals surface area contributed by atoms with Crippen molar-refractivity contribution in [2.75, 3.05) is 13.7 Å². The minimum Gasteiger partial charge on any atom is -0.493 e. The molecule has 1 aromatic rings. The minimum atomic E-state index is -0.246. The fraction of sp³-hybridized carbons (Fsp3) is 0.462. The quantitative estimate of drug-likeness (QED) is 0.597. The molecule has 0 radical (unpaired) electrons. The average Bonchev–Trinajstić information content (AvgIpc) is 2.37. The first-order valence-corrected chi connectivity index (χ1v) is 5.74. The molecule has 4 heteroatoms. The van der Waals surface area contributed by atoms with Crippen LogP contribution >= 0.6 is 0 Å². The number of rotatable bonds is 3. The van der Waals surface area contributed by atoms with Gasteiger partial charge < -0.3 is 14.2 Å². The topological polar surface area (TPSA) is 44.8 Å². The number of methoxy groups -OCH3 is 1. The number of hydrogen-bond acceptors (Lipinski definition) is 4. The van der Waals surface area contributed by atoms with Crippen LogP contribution in [-0.4, -0.2) is 19.7 Å². The predicted octanol–water partition coefficient (Wildman–Crippen LogP) is 2.47. The van der Waals surface area contributed by atoms with E-state index in [-0.39, 0.29) is 12.1 Å². The summed E-state index contributed by atoms with van der Waals surface area (Å²) in [4.78, 5) is 11.2. The fourth-order valence-electron chi connectivity index (χ4n) is 1.85. The van der Waals surface area contributed by atoms with E-state index < -0.39 is 0 Å². The minimum absolute atomic E-state index is 0.0645. The molecule has 92 valence electrons. The van der Waals surface area contributed by atoms with Crippen LogP contribution in [0.4, 0.5) is 0 Å². The predicted molar refractivity (Wildman–Crippen MR) is 62.2 cm³/mol. The molecule has 1 aliphatic rings. The molecule has 0 aromatic heterocycles. The van der Waals surface area contributed by atoms with E-state index in [4.69, 9.17) is 14.2 Å². The van der Waals surface area contributed by atoms with Gasteiger partial charge in [0.15, 0.2) is 0 Å². The molecule has 2 rings (SSSR count). The molecule has 4 nitrogen and oxygen atoms in total. The molecule has 0 amide bonds. The maximum absolute atomic E-state index is 11.2. The summed E-state index contributed by atoms with van der Waals surface area (Å²) < 4.78 is 16.1. The van der Waals surface area contributed by atoms with E-state index in [1.807, 2.05) is 6.07 Å². The second kappa shape index (κ2) is 5.19. The summed E-state index contributed by atoms with van der Waals surface area (Å²) in [6.45, 7) is 2.38. The van der Waals surface area contributed by atoms with Crippen LogP contribution in [0.5, 0.6) is 11.5 Å². The molecular formula is C13H16O4. The summed E-state index contributed by atoms with van der Waals surface area (Å²) in [5, 5.41) is 0. The van der Waals surface area contributed by atoms with Crippen molar-refractivity contribution < 1.29 is 19.0 Å². The Morgan fingerprint density at radius 2 is 2.35 bits per heavy atom. The number of ether oxygens (including phenoxy) is 3. The van der Waals surface area contributed by atoms with Crippen molar-refractivity contribution in [2.45, 2.75) is 25.9 Å². The maximum Gasteiger partial charge on any atom is 0.310 e. The third-order valence-corrected chi connectivity index (χ3v) is 2.77. The number of fused-ring (bicyclic) bond motifs is 1. The highest BCUT2D eigenvalue weighted by atomic mass is 16.5. The zero-order chi connectivity index (χ0) is 12.3. The van der Waals surface area contributed by atoms with E-state index in [0.717, 1.165) is 17.7 Å². The number of hydrogen-bond donors (Lipinski definition) is 0. The van der Waals surface area contributed by atoms with E-state index >= 15 is 0 Å². The second-order valence-corrected chi connectivity index (χ2v) is 3.89. The van der Waals surface area contributed by atoms with E-state index in [2.05, 4.69) is 0 Å². The molecule has 0 fully saturated rings. The Bertz CT molecular complexity index is 414. The second-order valence-electron chi connectivity index (χ2n) is 3.89. The lowest BCUT2D eigenvalue weighted by molar-refractivity contribution is -0.134. The molecular weight excluding hydrogens is 220 g/mol. The van der Waals surface area contributed by atoms with Crippen LogP contribution in [0.25, 0.3) is 0 Å². The van der Waals surface area contributed by atoms with Crippen LogP contribution in [0.15, 0.2) is 18.2 Å². The molecule has 1 aliphatic heterocycles. The first-order chi connectivity index (χ1) is 8.24. The zero-order valence-corrected chi connectivity index (χ0v) is 10.1. The Kier molecular flexibility index (Phi) is 3.64. The third kappa shape index (κ3) is 2.58. The lowest BCUT2D eigenvalue weighted by atomic mass is 10.0. The van der Waals surface area contributed by atoms with Crippen LogP contribution in [-0.2, 0) is 9.53 Å². The summed E-state index contributed by atoms with van der Waals surface area (Å²) >= 11 is 0. The van der Waals surface area contributed by atoms with Crippen molar-refractivity contribution in [3.8, 4) is 11.5 Å². The van der Waals surface area contributed by atoms with Gasteiger partial charge in [-0.2, -0.15) is 0 Å². The number of benzene rings is 1. The van der Waals surface area contributed by atoms with Gasteiger partial charge in [0.05, 0.1) is 12.7 Å². The standard InChI is InChI=1S/C13H16O4/c1-3-13(14)17-9-4-5-10-11(15-2)6-7-16-12(10)8-9/h4-5,8,11H,3,6-7H2,1-2H3. The average molecular weight is 236 g/mol. The Balaban J connectivity index is 2.21. The third-order valence-electron chi connectivity index (χ3n) is 2.77.